The van der Waals surface area contributed by atoms with Crippen LogP contribution in [0.2, 0.25) is 0 Å². The first-order valence-corrected chi connectivity index (χ1v) is 8.68. The van der Waals surface area contributed by atoms with Crippen LogP contribution in [0.3, 0.4) is 0 Å². The molecule has 1 aromatic heterocycles. The number of carbonyl (C=O) groups excluding carboxylic acids is 1. The van der Waals surface area contributed by atoms with Crippen molar-refractivity contribution in [2.45, 2.75) is 30.2 Å². The molecule has 1 aliphatic rings. The van der Waals surface area contributed by atoms with E-state index in [0.29, 0.717) is 11.3 Å². The van der Waals surface area contributed by atoms with Gasteiger partial charge in [-0.05, 0) is 50.1 Å². The van der Waals surface area contributed by atoms with Crippen LogP contribution in [0.15, 0.2) is 47.9 Å². The molecule has 0 radical (unpaired) electrons. The van der Waals surface area contributed by atoms with Crippen molar-refractivity contribution >= 4 is 32.7 Å². The summed E-state index contributed by atoms with van der Waals surface area (Å²) in [5.74, 6) is -0.0250. The summed E-state index contributed by atoms with van der Waals surface area (Å²) >= 11 is 0. The standard InChI is InChI=1S/C16H17N3O3S/c1-3-15(20)18-14-7-5-11-4-6-12(10-13(11)17-14)23(21,22)19-16(2)8-9-16/h3-7,10,19H,1,8-9H2,2H3,(H,17,18,20). The number of sulfonamides is 1. The number of pyridine rings is 1. The van der Waals surface area contributed by atoms with Gasteiger partial charge >= 0.3 is 0 Å². The maximum absolute atomic E-state index is 12.4. The highest BCUT2D eigenvalue weighted by molar-refractivity contribution is 7.89. The zero-order valence-corrected chi connectivity index (χ0v) is 13.5. The lowest BCUT2D eigenvalue weighted by Crippen LogP contribution is -2.34. The molecular weight excluding hydrogens is 314 g/mol. The van der Waals surface area contributed by atoms with E-state index in [2.05, 4.69) is 21.6 Å². The number of carbonyl (C=O) groups is 1. The fourth-order valence-corrected chi connectivity index (χ4v) is 3.67. The van der Waals surface area contributed by atoms with Gasteiger partial charge in [0, 0.05) is 10.9 Å². The van der Waals surface area contributed by atoms with Crippen LogP contribution in [0.1, 0.15) is 19.8 Å². The third-order valence-electron chi connectivity index (χ3n) is 3.79. The van der Waals surface area contributed by atoms with E-state index in [-0.39, 0.29) is 16.3 Å². The van der Waals surface area contributed by atoms with Crippen LogP contribution in [-0.4, -0.2) is 24.8 Å². The molecule has 23 heavy (non-hydrogen) atoms. The van der Waals surface area contributed by atoms with E-state index >= 15 is 0 Å². The second-order valence-electron chi connectivity index (χ2n) is 5.91. The highest BCUT2D eigenvalue weighted by Crippen LogP contribution is 2.36. The molecule has 0 bridgehead atoms. The largest absolute Gasteiger partial charge is 0.307 e. The molecule has 0 aliphatic heterocycles. The molecule has 2 N–H and O–H groups in total. The zero-order chi connectivity index (χ0) is 16.7. The number of nitrogens with one attached hydrogen (secondary N) is 2. The van der Waals surface area contributed by atoms with Gasteiger partial charge in [0.1, 0.15) is 5.82 Å². The fraction of sp³-hybridized carbons (Fsp3) is 0.250. The van der Waals surface area contributed by atoms with E-state index in [4.69, 9.17) is 0 Å². The molecule has 3 rings (SSSR count). The number of amides is 1. The Balaban J connectivity index is 1.96. The third kappa shape index (κ3) is 3.40. The average molecular weight is 331 g/mol. The second kappa shape index (κ2) is 5.43. The molecule has 0 atom stereocenters. The van der Waals surface area contributed by atoms with Crippen molar-refractivity contribution in [2.75, 3.05) is 5.32 Å². The minimum atomic E-state index is -3.58. The minimum absolute atomic E-state index is 0.165. The van der Waals surface area contributed by atoms with Crippen molar-refractivity contribution in [3.8, 4) is 0 Å². The summed E-state index contributed by atoms with van der Waals surface area (Å²) in [6, 6.07) is 8.19. The molecule has 0 spiro atoms. The van der Waals surface area contributed by atoms with E-state index in [1.54, 1.807) is 24.3 Å². The van der Waals surface area contributed by atoms with Gasteiger partial charge in [0.2, 0.25) is 15.9 Å². The summed E-state index contributed by atoms with van der Waals surface area (Å²) in [5.41, 5.74) is 0.164. The first-order valence-electron chi connectivity index (χ1n) is 7.20. The minimum Gasteiger partial charge on any atom is -0.307 e. The van der Waals surface area contributed by atoms with Gasteiger partial charge in [-0.15, -0.1) is 0 Å². The number of hydrogen-bond donors (Lipinski definition) is 2. The predicted molar refractivity (Wildman–Crippen MR) is 88.5 cm³/mol. The van der Waals surface area contributed by atoms with Gasteiger partial charge in [0.05, 0.1) is 10.4 Å². The highest BCUT2D eigenvalue weighted by atomic mass is 32.2. The molecule has 1 heterocycles. The lowest BCUT2D eigenvalue weighted by atomic mass is 10.2. The Labute approximate surface area is 134 Å². The molecule has 6 nitrogen and oxygen atoms in total. The molecule has 0 unspecified atom stereocenters. The molecule has 1 fully saturated rings. The molecule has 1 saturated carbocycles. The topological polar surface area (TPSA) is 88.2 Å². The number of fused-ring (bicyclic) bond motifs is 1. The Kier molecular flexibility index (Phi) is 3.69. The smallest absolute Gasteiger partial charge is 0.248 e. The normalized spacial score (nSPS) is 16.0. The fourth-order valence-electron chi connectivity index (χ4n) is 2.18. The van der Waals surface area contributed by atoms with Crippen LogP contribution < -0.4 is 10.0 Å². The highest BCUT2D eigenvalue weighted by Gasteiger charge is 2.41. The van der Waals surface area contributed by atoms with Crippen LogP contribution in [0, 0.1) is 0 Å². The molecule has 2 aromatic rings. The number of rotatable bonds is 5. The van der Waals surface area contributed by atoms with Gasteiger partial charge in [0.15, 0.2) is 0 Å². The quantitative estimate of drug-likeness (QED) is 0.822. The summed E-state index contributed by atoms with van der Waals surface area (Å²) in [4.78, 5) is 15.8. The van der Waals surface area contributed by atoms with Crippen LogP contribution in [0.25, 0.3) is 10.9 Å². The number of hydrogen-bond acceptors (Lipinski definition) is 4. The molecule has 1 amide bonds. The number of anilines is 1. The van der Waals surface area contributed by atoms with Gasteiger partial charge in [-0.3, -0.25) is 4.79 Å². The molecular formula is C16H17N3O3S. The Morgan fingerprint density at radius 3 is 2.65 bits per heavy atom. The van der Waals surface area contributed by atoms with E-state index < -0.39 is 10.0 Å². The third-order valence-corrected chi connectivity index (χ3v) is 5.43. The van der Waals surface area contributed by atoms with Crippen molar-refractivity contribution in [3.05, 3.63) is 43.0 Å². The number of benzene rings is 1. The van der Waals surface area contributed by atoms with E-state index in [1.807, 2.05) is 6.92 Å². The maximum atomic E-state index is 12.4. The lowest BCUT2D eigenvalue weighted by molar-refractivity contribution is -0.111. The van der Waals surface area contributed by atoms with Crippen molar-refractivity contribution in [2.24, 2.45) is 0 Å². The van der Waals surface area contributed by atoms with E-state index in [1.165, 1.54) is 6.07 Å². The summed E-state index contributed by atoms with van der Waals surface area (Å²) in [6.07, 6.45) is 2.83. The van der Waals surface area contributed by atoms with Gasteiger partial charge in [-0.2, -0.15) is 0 Å². The first kappa shape index (κ1) is 15.6. The second-order valence-corrected chi connectivity index (χ2v) is 7.59. The summed E-state index contributed by atoms with van der Waals surface area (Å²) < 4.78 is 27.5. The Morgan fingerprint density at radius 1 is 1.30 bits per heavy atom. The molecule has 120 valence electrons. The van der Waals surface area contributed by atoms with Crippen molar-refractivity contribution in [1.82, 2.24) is 9.71 Å². The maximum Gasteiger partial charge on any atom is 0.248 e. The first-order chi connectivity index (χ1) is 10.8. The molecule has 1 aromatic carbocycles. The number of aromatic nitrogens is 1. The van der Waals surface area contributed by atoms with Gasteiger partial charge < -0.3 is 5.32 Å². The van der Waals surface area contributed by atoms with E-state index in [0.717, 1.165) is 24.3 Å². The molecule has 1 aliphatic carbocycles. The van der Waals surface area contributed by atoms with Crippen LogP contribution >= 0.6 is 0 Å². The molecule has 7 heteroatoms. The lowest BCUT2D eigenvalue weighted by Gasteiger charge is -2.12. The Hall–Kier alpha value is -2.25. The monoisotopic (exact) mass is 331 g/mol. The van der Waals surface area contributed by atoms with Crippen molar-refractivity contribution < 1.29 is 13.2 Å². The van der Waals surface area contributed by atoms with E-state index in [9.17, 15) is 13.2 Å². The van der Waals surface area contributed by atoms with Crippen LogP contribution in [0.5, 0.6) is 0 Å². The summed E-state index contributed by atoms with van der Waals surface area (Å²) in [5, 5.41) is 3.35. The van der Waals surface area contributed by atoms with Crippen molar-refractivity contribution in [3.63, 3.8) is 0 Å². The number of nitrogens with zero attached hydrogens (tertiary/aromatic N) is 1. The Bertz CT molecular complexity index is 902. The SMILES string of the molecule is C=CC(=O)Nc1ccc2ccc(S(=O)(=O)NC3(C)CC3)cc2n1. The zero-order valence-electron chi connectivity index (χ0n) is 12.7. The van der Waals surface area contributed by atoms with Crippen LogP contribution in [-0.2, 0) is 14.8 Å². The summed E-state index contributed by atoms with van der Waals surface area (Å²) in [6.45, 7) is 5.26. The predicted octanol–water partition coefficient (Wildman–Crippen LogP) is 2.19. The van der Waals surface area contributed by atoms with Gasteiger partial charge in [-0.25, -0.2) is 18.1 Å². The summed E-state index contributed by atoms with van der Waals surface area (Å²) in [7, 11) is -3.58. The van der Waals surface area contributed by atoms with Gasteiger partial charge in [0.25, 0.3) is 0 Å². The Morgan fingerprint density at radius 2 is 2.00 bits per heavy atom. The van der Waals surface area contributed by atoms with Crippen LogP contribution in [0.4, 0.5) is 5.82 Å². The average Bonchev–Trinajstić information content (AvgIpc) is 3.22. The molecule has 0 saturated heterocycles. The van der Waals surface area contributed by atoms with Crippen molar-refractivity contribution in [1.29, 1.82) is 0 Å². The van der Waals surface area contributed by atoms with Gasteiger partial charge in [-0.1, -0.05) is 12.6 Å².